The van der Waals surface area contributed by atoms with Gasteiger partial charge < -0.3 is 16.2 Å². The molecule has 0 aromatic heterocycles. The summed E-state index contributed by atoms with van der Waals surface area (Å²) in [6.45, 7) is 1.83. The van der Waals surface area contributed by atoms with Gasteiger partial charge in [-0.1, -0.05) is 24.6 Å². The number of aliphatic hydroxyl groups is 1. The normalized spacial score (nSPS) is 27.2. The molecular formula is C14H20N2O2. The summed E-state index contributed by atoms with van der Waals surface area (Å²) in [5.41, 5.74) is 6.93. The molecule has 4 heteroatoms. The topological polar surface area (TPSA) is 75.3 Å². The third-order valence-electron chi connectivity index (χ3n) is 3.98. The molecule has 1 aromatic rings. The third kappa shape index (κ3) is 2.26. The van der Waals surface area contributed by atoms with E-state index in [-0.39, 0.29) is 18.6 Å². The van der Waals surface area contributed by atoms with Crippen molar-refractivity contribution < 1.29 is 9.90 Å². The zero-order valence-corrected chi connectivity index (χ0v) is 10.6. The van der Waals surface area contributed by atoms with E-state index in [0.29, 0.717) is 5.69 Å². The van der Waals surface area contributed by atoms with Gasteiger partial charge in [-0.25, -0.2) is 0 Å². The van der Waals surface area contributed by atoms with Gasteiger partial charge in [-0.15, -0.1) is 0 Å². The summed E-state index contributed by atoms with van der Waals surface area (Å²) in [4.78, 5) is 12.3. The molecule has 0 spiro atoms. The zero-order chi connectivity index (χ0) is 13.2. The van der Waals surface area contributed by atoms with Crippen LogP contribution in [-0.2, 0) is 11.4 Å². The van der Waals surface area contributed by atoms with Crippen LogP contribution in [-0.4, -0.2) is 17.1 Å². The van der Waals surface area contributed by atoms with E-state index in [4.69, 9.17) is 5.73 Å². The molecule has 0 saturated heterocycles. The molecular weight excluding hydrogens is 228 g/mol. The van der Waals surface area contributed by atoms with Gasteiger partial charge in [0.15, 0.2) is 0 Å². The van der Waals surface area contributed by atoms with E-state index in [1.807, 2.05) is 19.1 Å². The molecule has 1 amide bonds. The van der Waals surface area contributed by atoms with Crippen LogP contribution in [0.4, 0.5) is 5.69 Å². The highest BCUT2D eigenvalue weighted by molar-refractivity contribution is 5.96. The third-order valence-corrected chi connectivity index (χ3v) is 3.98. The predicted molar refractivity (Wildman–Crippen MR) is 70.9 cm³/mol. The van der Waals surface area contributed by atoms with Gasteiger partial charge in [-0.05, 0) is 25.8 Å². The first-order chi connectivity index (χ1) is 8.58. The number of carbonyl (C=O) groups is 1. The number of rotatable bonds is 3. The second kappa shape index (κ2) is 5.08. The molecule has 0 aliphatic heterocycles. The Kier molecular flexibility index (Phi) is 3.68. The lowest BCUT2D eigenvalue weighted by atomic mass is 9.84. The highest BCUT2D eigenvalue weighted by Gasteiger charge is 2.43. The number of carbonyl (C=O) groups excluding carboxylic acids is 1. The number of aliphatic hydroxyl groups excluding tert-OH is 1. The molecule has 4 N–H and O–H groups in total. The van der Waals surface area contributed by atoms with Crippen LogP contribution in [0, 0.1) is 5.41 Å². The zero-order valence-electron chi connectivity index (χ0n) is 10.6. The molecule has 2 unspecified atom stereocenters. The maximum absolute atomic E-state index is 12.3. The predicted octanol–water partition coefficient (Wildman–Crippen LogP) is 1.63. The fourth-order valence-corrected chi connectivity index (χ4v) is 2.52. The molecule has 98 valence electrons. The maximum Gasteiger partial charge on any atom is 0.231 e. The number of hydrogen-bond acceptors (Lipinski definition) is 3. The second-order valence-electron chi connectivity index (χ2n) is 5.19. The van der Waals surface area contributed by atoms with Crippen molar-refractivity contribution in [3.63, 3.8) is 0 Å². The number of nitrogens with one attached hydrogen (secondary N) is 1. The second-order valence-corrected chi connectivity index (χ2v) is 5.19. The number of hydrogen-bond donors (Lipinski definition) is 3. The van der Waals surface area contributed by atoms with Crippen molar-refractivity contribution in [2.75, 3.05) is 5.32 Å². The minimum absolute atomic E-state index is 0.0478. The largest absolute Gasteiger partial charge is 0.392 e. The number of anilines is 1. The van der Waals surface area contributed by atoms with E-state index in [0.717, 1.165) is 24.8 Å². The van der Waals surface area contributed by atoms with Crippen LogP contribution in [0.2, 0.25) is 0 Å². The number of benzene rings is 1. The number of nitrogens with two attached hydrogens (primary N) is 1. The van der Waals surface area contributed by atoms with Gasteiger partial charge in [-0.2, -0.15) is 0 Å². The van der Waals surface area contributed by atoms with Gasteiger partial charge in [0.05, 0.1) is 12.0 Å². The molecule has 18 heavy (non-hydrogen) atoms. The van der Waals surface area contributed by atoms with E-state index in [9.17, 15) is 9.90 Å². The van der Waals surface area contributed by atoms with Gasteiger partial charge >= 0.3 is 0 Å². The Labute approximate surface area is 107 Å². The van der Waals surface area contributed by atoms with Crippen LogP contribution in [0.25, 0.3) is 0 Å². The Bertz CT molecular complexity index is 447. The first kappa shape index (κ1) is 13.1. The summed E-state index contributed by atoms with van der Waals surface area (Å²) in [5, 5.41) is 12.1. The molecule has 1 aliphatic rings. The number of amides is 1. The summed E-state index contributed by atoms with van der Waals surface area (Å²) in [5.74, 6) is -0.0478. The van der Waals surface area contributed by atoms with Crippen LogP contribution < -0.4 is 11.1 Å². The lowest BCUT2D eigenvalue weighted by molar-refractivity contribution is -0.125. The molecule has 4 nitrogen and oxygen atoms in total. The summed E-state index contributed by atoms with van der Waals surface area (Å²) in [6, 6.07) is 7.19. The lowest BCUT2D eigenvalue weighted by Gasteiger charge is -2.27. The Hall–Kier alpha value is -1.39. The first-order valence-corrected chi connectivity index (χ1v) is 6.34. The monoisotopic (exact) mass is 248 g/mol. The van der Waals surface area contributed by atoms with Crippen LogP contribution >= 0.6 is 0 Å². The lowest BCUT2D eigenvalue weighted by Crippen LogP contribution is -2.44. The van der Waals surface area contributed by atoms with Crippen molar-refractivity contribution in [3.8, 4) is 0 Å². The van der Waals surface area contributed by atoms with E-state index in [1.54, 1.807) is 12.1 Å². The minimum Gasteiger partial charge on any atom is -0.392 e. The van der Waals surface area contributed by atoms with Crippen LogP contribution in [0.15, 0.2) is 24.3 Å². The molecule has 0 radical (unpaired) electrons. The first-order valence-electron chi connectivity index (χ1n) is 6.34. The van der Waals surface area contributed by atoms with Crippen LogP contribution in [0.3, 0.4) is 0 Å². The molecule has 1 aliphatic carbocycles. The van der Waals surface area contributed by atoms with Crippen molar-refractivity contribution in [1.82, 2.24) is 0 Å². The van der Waals surface area contributed by atoms with Crippen molar-refractivity contribution in [2.24, 2.45) is 11.1 Å². The van der Waals surface area contributed by atoms with Crippen molar-refractivity contribution in [3.05, 3.63) is 29.8 Å². The van der Waals surface area contributed by atoms with Gasteiger partial charge in [0.25, 0.3) is 0 Å². The van der Waals surface area contributed by atoms with Crippen molar-refractivity contribution >= 4 is 11.6 Å². The smallest absolute Gasteiger partial charge is 0.231 e. The Morgan fingerprint density at radius 2 is 2.28 bits per heavy atom. The molecule has 1 aromatic carbocycles. The average Bonchev–Trinajstić information content (AvgIpc) is 2.71. The van der Waals surface area contributed by atoms with Crippen molar-refractivity contribution in [2.45, 2.75) is 38.8 Å². The van der Waals surface area contributed by atoms with Gasteiger partial charge in [0, 0.05) is 17.3 Å². The van der Waals surface area contributed by atoms with E-state index < -0.39 is 5.41 Å². The van der Waals surface area contributed by atoms with E-state index in [2.05, 4.69) is 5.32 Å². The van der Waals surface area contributed by atoms with Gasteiger partial charge in [-0.3, -0.25) is 4.79 Å². The summed E-state index contributed by atoms with van der Waals surface area (Å²) in [7, 11) is 0. The minimum atomic E-state index is -0.497. The molecule has 2 atom stereocenters. The SMILES string of the molecule is CC1(C(=O)Nc2ccccc2CO)CCCC1N. The van der Waals surface area contributed by atoms with Crippen molar-refractivity contribution in [1.29, 1.82) is 0 Å². The van der Waals surface area contributed by atoms with Gasteiger partial charge in [0.2, 0.25) is 5.91 Å². The fraction of sp³-hybridized carbons (Fsp3) is 0.500. The Morgan fingerprint density at radius 3 is 2.89 bits per heavy atom. The average molecular weight is 248 g/mol. The quantitative estimate of drug-likeness (QED) is 0.761. The molecule has 1 fully saturated rings. The van der Waals surface area contributed by atoms with E-state index >= 15 is 0 Å². The molecule has 1 saturated carbocycles. The number of para-hydroxylation sites is 1. The maximum atomic E-state index is 12.3. The van der Waals surface area contributed by atoms with Crippen LogP contribution in [0.5, 0.6) is 0 Å². The molecule has 0 bridgehead atoms. The fourth-order valence-electron chi connectivity index (χ4n) is 2.52. The summed E-state index contributed by atoms with van der Waals surface area (Å²) >= 11 is 0. The molecule has 0 heterocycles. The Balaban J connectivity index is 2.16. The summed E-state index contributed by atoms with van der Waals surface area (Å²) < 4.78 is 0. The van der Waals surface area contributed by atoms with E-state index in [1.165, 1.54) is 0 Å². The van der Waals surface area contributed by atoms with Gasteiger partial charge in [0.1, 0.15) is 0 Å². The summed E-state index contributed by atoms with van der Waals surface area (Å²) in [6.07, 6.45) is 2.71. The van der Waals surface area contributed by atoms with Crippen LogP contribution in [0.1, 0.15) is 31.7 Å². The highest BCUT2D eigenvalue weighted by Crippen LogP contribution is 2.37. The highest BCUT2D eigenvalue weighted by atomic mass is 16.3. The Morgan fingerprint density at radius 1 is 1.56 bits per heavy atom. The molecule has 2 rings (SSSR count). The standard InChI is InChI=1S/C14H20N2O2/c1-14(8-4-7-12(14)15)13(18)16-11-6-3-2-5-10(11)9-17/h2-3,5-6,12,17H,4,7-9,15H2,1H3,(H,16,18).